The van der Waals surface area contributed by atoms with Crippen LogP contribution in [-0.2, 0) is 19.0 Å². The molecule has 144 valence electrons. The first-order chi connectivity index (χ1) is 11.4. The molecule has 2 fully saturated rings. The summed E-state index contributed by atoms with van der Waals surface area (Å²) in [5, 5.41) is 0. The molecule has 2 N–H and O–H groups in total. The zero-order valence-corrected chi connectivity index (χ0v) is 15.7. The van der Waals surface area contributed by atoms with Gasteiger partial charge in [0.25, 0.3) is 5.91 Å². The summed E-state index contributed by atoms with van der Waals surface area (Å²) >= 11 is 0. The molecule has 0 radical (unpaired) electrons. The third-order valence-corrected chi connectivity index (χ3v) is 3.43. The predicted octanol–water partition coefficient (Wildman–Crippen LogP) is 0.956. The summed E-state index contributed by atoms with van der Waals surface area (Å²) in [6, 6.07) is -0.349. The van der Waals surface area contributed by atoms with Crippen molar-refractivity contribution in [1.82, 2.24) is 9.80 Å². The zero-order chi connectivity index (χ0) is 19.3. The number of carbonyl (C=O) groups is 3. The molecular weight excluding hydrogens is 330 g/mol. The number of amides is 4. The van der Waals surface area contributed by atoms with E-state index in [0.717, 1.165) is 4.90 Å². The number of carbonyl (C=O) groups excluding carboxylic acids is 3. The van der Waals surface area contributed by atoms with Crippen molar-refractivity contribution in [3.8, 4) is 0 Å². The molecular formula is C16H29N3O6. The van der Waals surface area contributed by atoms with Crippen molar-refractivity contribution < 1.29 is 28.6 Å². The summed E-state index contributed by atoms with van der Waals surface area (Å²) in [4.78, 5) is 36.7. The SMILES string of the molecule is CC(C)(C)OC(=O)N1C(=O)COCC1(C)C.NC(=O)N1CCOCC1. The summed E-state index contributed by atoms with van der Waals surface area (Å²) in [7, 11) is 0. The largest absolute Gasteiger partial charge is 0.443 e. The molecule has 2 heterocycles. The topological polar surface area (TPSA) is 111 Å². The van der Waals surface area contributed by atoms with Crippen molar-refractivity contribution in [1.29, 1.82) is 0 Å². The molecule has 2 saturated heterocycles. The fourth-order valence-electron chi connectivity index (χ4n) is 2.30. The minimum absolute atomic E-state index is 0.0668. The second-order valence-electron chi connectivity index (χ2n) is 7.45. The number of morpholine rings is 2. The standard InChI is InChI=1S/C11H19NO4.C5H10N2O2/c1-10(2,3)16-9(14)12-8(13)6-15-7-11(12,4)5;6-5(8)7-1-3-9-4-2-7/h6-7H2,1-5H3;1-4H2,(H2,6,8). The molecule has 0 aromatic rings. The molecule has 4 amide bonds. The maximum atomic E-state index is 11.9. The van der Waals surface area contributed by atoms with Crippen molar-refractivity contribution >= 4 is 18.0 Å². The smallest absolute Gasteiger partial charge is 0.417 e. The van der Waals surface area contributed by atoms with Crippen molar-refractivity contribution in [2.75, 3.05) is 39.5 Å². The zero-order valence-electron chi connectivity index (χ0n) is 15.7. The molecule has 9 nitrogen and oxygen atoms in total. The quantitative estimate of drug-likeness (QED) is 0.689. The molecule has 0 spiro atoms. The first kappa shape index (κ1) is 21.2. The van der Waals surface area contributed by atoms with Gasteiger partial charge in [-0.25, -0.2) is 14.5 Å². The summed E-state index contributed by atoms with van der Waals surface area (Å²) < 4.78 is 15.3. The maximum Gasteiger partial charge on any atom is 0.417 e. The Morgan fingerprint density at radius 3 is 2.12 bits per heavy atom. The van der Waals surface area contributed by atoms with Crippen molar-refractivity contribution in [2.45, 2.75) is 45.8 Å². The van der Waals surface area contributed by atoms with Crippen LogP contribution < -0.4 is 5.73 Å². The highest BCUT2D eigenvalue weighted by Crippen LogP contribution is 2.22. The Morgan fingerprint density at radius 1 is 1.16 bits per heavy atom. The van der Waals surface area contributed by atoms with Gasteiger partial charge in [-0.2, -0.15) is 0 Å². The molecule has 0 saturated carbocycles. The van der Waals surface area contributed by atoms with E-state index in [1.54, 1.807) is 39.5 Å². The molecule has 9 heteroatoms. The van der Waals surface area contributed by atoms with Gasteiger partial charge in [-0.05, 0) is 34.6 Å². The maximum absolute atomic E-state index is 11.9. The lowest BCUT2D eigenvalue weighted by Gasteiger charge is -2.40. The van der Waals surface area contributed by atoms with Crippen LogP contribution in [-0.4, -0.2) is 78.5 Å². The lowest BCUT2D eigenvalue weighted by Crippen LogP contribution is -2.59. The molecule has 0 unspecified atom stereocenters. The summed E-state index contributed by atoms with van der Waals surface area (Å²) in [5.74, 6) is -0.356. The summed E-state index contributed by atoms with van der Waals surface area (Å²) in [5.41, 5.74) is 3.74. The van der Waals surface area contributed by atoms with Gasteiger partial charge < -0.3 is 24.8 Å². The van der Waals surface area contributed by atoms with Gasteiger partial charge in [0.05, 0.1) is 25.4 Å². The van der Waals surface area contributed by atoms with E-state index in [0.29, 0.717) is 32.9 Å². The van der Waals surface area contributed by atoms with Crippen LogP contribution in [0.1, 0.15) is 34.6 Å². The van der Waals surface area contributed by atoms with Crippen molar-refractivity contribution in [2.24, 2.45) is 5.73 Å². The number of urea groups is 1. The van der Waals surface area contributed by atoms with E-state index >= 15 is 0 Å². The van der Waals surface area contributed by atoms with Gasteiger partial charge >= 0.3 is 12.1 Å². The van der Waals surface area contributed by atoms with Crippen LogP contribution >= 0.6 is 0 Å². The van der Waals surface area contributed by atoms with E-state index in [-0.39, 0.29) is 18.5 Å². The molecule has 25 heavy (non-hydrogen) atoms. The molecule has 2 rings (SSSR count). The Balaban J connectivity index is 0.000000293. The van der Waals surface area contributed by atoms with Crippen LogP contribution in [0, 0.1) is 0 Å². The fourth-order valence-corrected chi connectivity index (χ4v) is 2.30. The monoisotopic (exact) mass is 359 g/mol. The van der Waals surface area contributed by atoms with Crippen LogP contribution in [0.3, 0.4) is 0 Å². The van der Waals surface area contributed by atoms with Crippen LogP contribution in [0.2, 0.25) is 0 Å². The third-order valence-electron chi connectivity index (χ3n) is 3.43. The van der Waals surface area contributed by atoms with E-state index in [1.165, 1.54) is 0 Å². The van der Waals surface area contributed by atoms with Gasteiger partial charge in [0, 0.05) is 13.1 Å². The minimum Gasteiger partial charge on any atom is -0.443 e. The fraction of sp³-hybridized carbons (Fsp3) is 0.812. The molecule has 2 aliphatic rings. The molecule has 0 atom stereocenters. The van der Waals surface area contributed by atoms with Crippen LogP contribution in [0.25, 0.3) is 0 Å². The Bertz CT molecular complexity index is 495. The molecule has 0 aromatic carbocycles. The average Bonchev–Trinajstić information content (AvgIpc) is 2.45. The van der Waals surface area contributed by atoms with Crippen LogP contribution in [0.4, 0.5) is 9.59 Å². The van der Waals surface area contributed by atoms with Crippen molar-refractivity contribution in [3.63, 3.8) is 0 Å². The third kappa shape index (κ3) is 6.87. The predicted molar refractivity (Wildman–Crippen MR) is 90.0 cm³/mol. The number of nitrogens with two attached hydrogens (primary N) is 1. The normalized spacial score (nSPS) is 20.4. The molecule has 0 aromatic heterocycles. The Kier molecular flexibility index (Phi) is 7.18. The molecule has 2 aliphatic heterocycles. The number of ether oxygens (including phenoxy) is 3. The minimum atomic E-state index is -0.655. The van der Waals surface area contributed by atoms with Crippen LogP contribution in [0.5, 0.6) is 0 Å². The highest BCUT2D eigenvalue weighted by molar-refractivity contribution is 5.94. The van der Waals surface area contributed by atoms with E-state index in [9.17, 15) is 14.4 Å². The number of rotatable bonds is 0. The number of nitrogens with zero attached hydrogens (tertiary/aromatic N) is 2. The Morgan fingerprint density at radius 2 is 1.72 bits per heavy atom. The highest BCUT2D eigenvalue weighted by atomic mass is 16.6. The first-order valence-corrected chi connectivity index (χ1v) is 8.20. The van der Waals surface area contributed by atoms with E-state index in [1.807, 2.05) is 0 Å². The average molecular weight is 359 g/mol. The van der Waals surface area contributed by atoms with Gasteiger partial charge in [0.1, 0.15) is 12.2 Å². The van der Waals surface area contributed by atoms with Gasteiger partial charge in [0.15, 0.2) is 0 Å². The number of hydrogen-bond donors (Lipinski definition) is 1. The lowest BCUT2D eigenvalue weighted by atomic mass is 10.0. The second kappa shape index (κ2) is 8.48. The van der Waals surface area contributed by atoms with Crippen molar-refractivity contribution in [3.05, 3.63) is 0 Å². The number of imide groups is 1. The van der Waals surface area contributed by atoms with E-state index in [2.05, 4.69) is 0 Å². The van der Waals surface area contributed by atoms with Gasteiger partial charge in [-0.15, -0.1) is 0 Å². The Hall–Kier alpha value is -1.87. The molecule has 0 bridgehead atoms. The number of hydrogen-bond acceptors (Lipinski definition) is 6. The first-order valence-electron chi connectivity index (χ1n) is 8.20. The molecule has 0 aliphatic carbocycles. The van der Waals surface area contributed by atoms with Gasteiger partial charge in [0.2, 0.25) is 0 Å². The van der Waals surface area contributed by atoms with E-state index in [4.69, 9.17) is 19.9 Å². The Labute approximate surface area is 148 Å². The van der Waals surface area contributed by atoms with Gasteiger partial charge in [-0.1, -0.05) is 0 Å². The lowest BCUT2D eigenvalue weighted by molar-refractivity contribution is -0.152. The van der Waals surface area contributed by atoms with Crippen LogP contribution in [0.15, 0.2) is 0 Å². The second-order valence-corrected chi connectivity index (χ2v) is 7.45. The van der Waals surface area contributed by atoms with Gasteiger partial charge in [-0.3, -0.25) is 4.79 Å². The highest BCUT2D eigenvalue weighted by Gasteiger charge is 2.42. The summed E-state index contributed by atoms with van der Waals surface area (Å²) in [6.45, 7) is 11.6. The summed E-state index contributed by atoms with van der Waals surface area (Å²) in [6.07, 6.45) is -0.606. The number of primary amides is 1. The van der Waals surface area contributed by atoms with E-state index < -0.39 is 17.2 Å².